The van der Waals surface area contributed by atoms with Crippen LogP contribution in [-0.2, 0) is 10.0 Å². The minimum absolute atomic E-state index is 0.0642. The van der Waals surface area contributed by atoms with Gasteiger partial charge in [-0.2, -0.15) is 4.31 Å². The van der Waals surface area contributed by atoms with Gasteiger partial charge in [0.1, 0.15) is 5.75 Å². The highest BCUT2D eigenvalue weighted by Crippen LogP contribution is 2.22. The summed E-state index contributed by atoms with van der Waals surface area (Å²) in [5, 5.41) is 0. The lowest BCUT2D eigenvalue weighted by atomic mass is 10.1. The van der Waals surface area contributed by atoms with Gasteiger partial charge in [0, 0.05) is 19.1 Å². The van der Waals surface area contributed by atoms with E-state index in [1.54, 1.807) is 24.3 Å². The number of nitrogens with zero attached hydrogens (tertiary/aromatic N) is 1. The molecule has 0 saturated carbocycles. The van der Waals surface area contributed by atoms with Gasteiger partial charge in [0.05, 0.1) is 11.5 Å². The average molecular weight is 298 g/mol. The molecule has 0 amide bonds. The second-order valence-electron chi connectivity index (χ2n) is 5.09. The average Bonchev–Trinajstić information content (AvgIpc) is 2.45. The Morgan fingerprint density at radius 1 is 1.35 bits per heavy atom. The summed E-state index contributed by atoms with van der Waals surface area (Å²) < 4.78 is 31.9. The Balaban J connectivity index is 2.12. The van der Waals surface area contributed by atoms with Crippen LogP contribution in [0.15, 0.2) is 29.2 Å². The Morgan fingerprint density at radius 3 is 2.65 bits per heavy atom. The number of piperidine rings is 1. The first-order chi connectivity index (χ1) is 9.54. The van der Waals surface area contributed by atoms with E-state index < -0.39 is 10.0 Å². The van der Waals surface area contributed by atoms with Crippen LogP contribution in [0, 0.1) is 0 Å². The third kappa shape index (κ3) is 3.50. The SMILES string of the molecule is CCCOc1ccc(S(=O)(=O)N2CCC[C@@H](N)C2)cc1. The zero-order chi connectivity index (χ0) is 14.6. The lowest BCUT2D eigenvalue weighted by molar-refractivity contribution is 0.314. The van der Waals surface area contributed by atoms with Crippen LogP contribution in [0.25, 0.3) is 0 Å². The van der Waals surface area contributed by atoms with Crippen LogP contribution in [0.2, 0.25) is 0 Å². The molecule has 5 nitrogen and oxygen atoms in total. The predicted octanol–water partition coefficient (Wildman–Crippen LogP) is 1.59. The molecule has 2 N–H and O–H groups in total. The van der Waals surface area contributed by atoms with E-state index in [1.807, 2.05) is 6.92 Å². The first kappa shape index (κ1) is 15.3. The van der Waals surface area contributed by atoms with Crippen LogP contribution in [0.4, 0.5) is 0 Å². The van der Waals surface area contributed by atoms with Crippen molar-refractivity contribution in [3.05, 3.63) is 24.3 Å². The van der Waals surface area contributed by atoms with Crippen LogP contribution >= 0.6 is 0 Å². The monoisotopic (exact) mass is 298 g/mol. The Kier molecular flexibility index (Phi) is 5.01. The first-order valence-electron chi connectivity index (χ1n) is 7.02. The summed E-state index contributed by atoms with van der Waals surface area (Å²) in [7, 11) is -3.43. The predicted molar refractivity (Wildman–Crippen MR) is 78.2 cm³/mol. The van der Waals surface area contributed by atoms with Gasteiger partial charge in [-0.15, -0.1) is 0 Å². The molecule has 1 aliphatic heterocycles. The van der Waals surface area contributed by atoms with Crippen molar-refractivity contribution in [2.24, 2.45) is 5.73 Å². The zero-order valence-corrected chi connectivity index (χ0v) is 12.6. The van der Waals surface area contributed by atoms with Gasteiger partial charge in [0.25, 0.3) is 0 Å². The van der Waals surface area contributed by atoms with Crippen LogP contribution in [0.1, 0.15) is 26.2 Å². The molecule has 0 radical (unpaired) electrons. The maximum Gasteiger partial charge on any atom is 0.243 e. The van der Waals surface area contributed by atoms with Gasteiger partial charge in [-0.05, 0) is 43.5 Å². The maximum atomic E-state index is 12.5. The van der Waals surface area contributed by atoms with Crippen LogP contribution in [-0.4, -0.2) is 38.5 Å². The summed E-state index contributed by atoms with van der Waals surface area (Å²) >= 11 is 0. The third-order valence-corrected chi connectivity index (χ3v) is 5.23. The van der Waals surface area contributed by atoms with E-state index in [2.05, 4.69) is 0 Å². The maximum absolute atomic E-state index is 12.5. The van der Waals surface area contributed by atoms with E-state index in [0.717, 1.165) is 19.3 Å². The normalized spacial score (nSPS) is 20.8. The van der Waals surface area contributed by atoms with Crippen molar-refractivity contribution in [3.63, 3.8) is 0 Å². The van der Waals surface area contributed by atoms with Crippen molar-refractivity contribution in [3.8, 4) is 5.75 Å². The van der Waals surface area contributed by atoms with Crippen molar-refractivity contribution in [2.75, 3.05) is 19.7 Å². The summed E-state index contributed by atoms with van der Waals surface area (Å²) in [6, 6.07) is 6.53. The largest absolute Gasteiger partial charge is 0.494 e. The molecule has 1 aromatic rings. The van der Waals surface area contributed by atoms with E-state index in [9.17, 15) is 8.42 Å². The van der Waals surface area contributed by atoms with Crippen molar-refractivity contribution in [1.29, 1.82) is 0 Å². The molecule has 0 bridgehead atoms. The molecule has 1 aromatic carbocycles. The molecule has 1 saturated heterocycles. The highest BCUT2D eigenvalue weighted by molar-refractivity contribution is 7.89. The molecule has 0 unspecified atom stereocenters. The summed E-state index contributed by atoms with van der Waals surface area (Å²) in [6.07, 6.45) is 2.62. The Hall–Kier alpha value is -1.11. The first-order valence-corrected chi connectivity index (χ1v) is 8.46. The Labute approximate surface area is 120 Å². The molecule has 6 heteroatoms. The highest BCUT2D eigenvalue weighted by atomic mass is 32.2. The van der Waals surface area contributed by atoms with E-state index in [0.29, 0.717) is 30.3 Å². The van der Waals surface area contributed by atoms with Gasteiger partial charge in [0.15, 0.2) is 0 Å². The summed E-state index contributed by atoms with van der Waals surface area (Å²) in [4.78, 5) is 0.301. The standard InChI is InChI=1S/C14H22N2O3S/c1-2-10-19-13-5-7-14(8-6-13)20(17,18)16-9-3-4-12(15)11-16/h5-8,12H,2-4,9-11,15H2,1H3/t12-/m1/s1. The fraction of sp³-hybridized carbons (Fsp3) is 0.571. The fourth-order valence-electron chi connectivity index (χ4n) is 2.27. The molecular weight excluding hydrogens is 276 g/mol. The van der Waals surface area contributed by atoms with Gasteiger partial charge >= 0.3 is 0 Å². The number of ether oxygens (including phenoxy) is 1. The summed E-state index contributed by atoms with van der Waals surface area (Å²) in [5.41, 5.74) is 5.85. The minimum Gasteiger partial charge on any atom is -0.494 e. The Bertz CT molecular complexity index is 528. The third-order valence-electron chi connectivity index (χ3n) is 3.35. The van der Waals surface area contributed by atoms with Gasteiger partial charge in [-0.25, -0.2) is 8.42 Å². The van der Waals surface area contributed by atoms with Crippen LogP contribution in [0.3, 0.4) is 0 Å². The fourth-order valence-corrected chi connectivity index (χ4v) is 3.80. The van der Waals surface area contributed by atoms with Gasteiger partial charge in [-0.1, -0.05) is 6.92 Å². The number of hydrogen-bond donors (Lipinski definition) is 1. The molecule has 0 aliphatic carbocycles. The summed E-state index contributed by atoms with van der Waals surface area (Å²) in [5.74, 6) is 0.696. The number of sulfonamides is 1. The zero-order valence-electron chi connectivity index (χ0n) is 11.8. The minimum atomic E-state index is -3.43. The van der Waals surface area contributed by atoms with Crippen LogP contribution in [0.5, 0.6) is 5.75 Å². The molecule has 0 aromatic heterocycles. The van der Waals surface area contributed by atoms with E-state index in [-0.39, 0.29) is 6.04 Å². The number of rotatable bonds is 5. The lowest BCUT2D eigenvalue weighted by Crippen LogP contribution is -2.45. The molecule has 2 rings (SSSR count). The van der Waals surface area contributed by atoms with Crippen molar-refractivity contribution in [1.82, 2.24) is 4.31 Å². The Morgan fingerprint density at radius 2 is 2.05 bits per heavy atom. The number of benzene rings is 1. The quantitative estimate of drug-likeness (QED) is 0.896. The number of hydrogen-bond acceptors (Lipinski definition) is 4. The van der Waals surface area contributed by atoms with E-state index in [4.69, 9.17) is 10.5 Å². The van der Waals surface area contributed by atoms with E-state index in [1.165, 1.54) is 4.31 Å². The molecular formula is C14H22N2O3S. The highest BCUT2D eigenvalue weighted by Gasteiger charge is 2.28. The van der Waals surface area contributed by atoms with Crippen molar-refractivity contribution >= 4 is 10.0 Å². The second-order valence-corrected chi connectivity index (χ2v) is 7.02. The second kappa shape index (κ2) is 6.56. The van der Waals surface area contributed by atoms with Crippen molar-refractivity contribution < 1.29 is 13.2 Å². The van der Waals surface area contributed by atoms with Crippen LogP contribution < -0.4 is 10.5 Å². The van der Waals surface area contributed by atoms with Gasteiger partial charge in [-0.3, -0.25) is 0 Å². The topological polar surface area (TPSA) is 72.6 Å². The van der Waals surface area contributed by atoms with Gasteiger partial charge < -0.3 is 10.5 Å². The molecule has 1 atom stereocenters. The van der Waals surface area contributed by atoms with Gasteiger partial charge in [0.2, 0.25) is 10.0 Å². The molecule has 1 aliphatic rings. The molecule has 112 valence electrons. The molecule has 20 heavy (non-hydrogen) atoms. The lowest BCUT2D eigenvalue weighted by Gasteiger charge is -2.29. The molecule has 1 fully saturated rings. The van der Waals surface area contributed by atoms with E-state index >= 15 is 0 Å². The molecule has 0 spiro atoms. The molecule has 1 heterocycles. The number of nitrogens with two attached hydrogens (primary N) is 1. The van der Waals surface area contributed by atoms with Crippen molar-refractivity contribution in [2.45, 2.75) is 37.1 Å². The smallest absolute Gasteiger partial charge is 0.243 e. The summed E-state index contributed by atoms with van der Waals surface area (Å²) in [6.45, 7) is 3.60.